The summed E-state index contributed by atoms with van der Waals surface area (Å²) >= 11 is 0. The van der Waals surface area contributed by atoms with Crippen LogP contribution < -0.4 is 5.32 Å². The summed E-state index contributed by atoms with van der Waals surface area (Å²) in [5, 5.41) is 11.2. The molecule has 3 heterocycles. The minimum atomic E-state index is -0.631. The summed E-state index contributed by atoms with van der Waals surface area (Å²) in [6.45, 7) is 0.310. The average molecular weight is 408 g/mol. The van der Waals surface area contributed by atoms with Crippen LogP contribution in [0, 0.1) is 0 Å². The molecule has 0 spiro atoms. The third-order valence-corrected chi connectivity index (χ3v) is 6.81. The number of carbonyl (C=O) groups is 3. The fraction of sp³-hybridized carbons (Fsp3) is 0.476. The van der Waals surface area contributed by atoms with Gasteiger partial charge in [0.15, 0.2) is 0 Å². The molecule has 30 heavy (non-hydrogen) atoms. The van der Waals surface area contributed by atoms with E-state index in [-0.39, 0.29) is 23.8 Å². The van der Waals surface area contributed by atoms with Crippen LogP contribution in [-0.2, 0) is 21.7 Å². The Bertz CT molecular complexity index is 1050. The van der Waals surface area contributed by atoms with E-state index in [1.54, 1.807) is 15.6 Å². The molecule has 1 atom stereocenters. The van der Waals surface area contributed by atoms with Gasteiger partial charge in [-0.15, -0.1) is 5.10 Å². The van der Waals surface area contributed by atoms with Crippen molar-refractivity contribution < 1.29 is 14.4 Å². The summed E-state index contributed by atoms with van der Waals surface area (Å²) in [6.07, 6.45) is 5.80. The fourth-order valence-corrected chi connectivity index (χ4v) is 4.82. The van der Waals surface area contributed by atoms with E-state index in [0.29, 0.717) is 18.5 Å². The van der Waals surface area contributed by atoms with Gasteiger partial charge in [0.25, 0.3) is 5.91 Å². The molecule has 2 aromatic rings. The van der Waals surface area contributed by atoms with Crippen LogP contribution in [-0.4, -0.2) is 62.7 Å². The Hall–Kier alpha value is -3.07. The largest absolute Gasteiger partial charge is 0.322 e. The molecule has 3 amide bonds. The Kier molecular flexibility index (Phi) is 4.25. The number of carbonyl (C=O) groups excluding carboxylic acids is 3. The Morgan fingerprint density at radius 1 is 1.20 bits per heavy atom. The summed E-state index contributed by atoms with van der Waals surface area (Å²) in [6, 6.07) is 4.89. The van der Waals surface area contributed by atoms with Crippen LogP contribution in [0.1, 0.15) is 53.7 Å². The molecule has 9 nitrogen and oxygen atoms in total. The maximum atomic E-state index is 13.0. The first-order chi connectivity index (χ1) is 14.4. The molecule has 1 aromatic carbocycles. The molecule has 1 saturated carbocycles. The molecule has 1 saturated heterocycles. The van der Waals surface area contributed by atoms with Gasteiger partial charge < -0.3 is 4.90 Å². The molecule has 9 heteroatoms. The van der Waals surface area contributed by atoms with E-state index in [4.69, 9.17) is 0 Å². The quantitative estimate of drug-likeness (QED) is 0.757. The zero-order valence-electron chi connectivity index (χ0n) is 17.1. The van der Waals surface area contributed by atoms with Gasteiger partial charge in [-0.25, -0.2) is 4.68 Å². The van der Waals surface area contributed by atoms with E-state index >= 15 is 0 Å². The van der Waals surface area contributed by atoms with Crippen molar-refractivity contribution in [3.63, 3.8) is 0 Å². The van der Waals surface area contributed by atoms with Crippen molar-refractivity contribution in [2.24, 2.45) is 0 Å². The van der Waals surface area contributed by atoms with E-state index < -0.39 is 11.9 Å². The highest BCUT2D eigenvalue weighted by molar-refractivity contribution is 6.05. The number of aromatic nitrogens is 3. The lowest BCUT2D eigenvalue weighted by molar-refractivity contribution is -0.136. The summed E-state index contributed by atoms with van der Waals surface area (Å²) in [7, 11) is 4.13. The molecule has 0 radical (unpaired) electrons. The van der Waals surface area contributed by atoms with Crippen LogP contribution in [0.2, 0.25) is 0 Å². The minimum absolute atomic E-state index is 0.0786. The number of fused-ring (bicyclic) bond motifs is 1. The zero-order valence-corrected chi connectivity index (χ0v) is 17.1. The second-order valence-corrected chi connectivity index (χ2v) is 8.53. The monoisotopic (exact) mass is 408 g/mol. The smallest absolute Gasteiger partial charge is 0.255 e. The lowest BCUT2D eigenvalue weighted by atomic mass is 9.73. The van der Waals surface area contributed by atoms with Gasteiger partial charge in [-0.3, -0.25) is 24.6 Å². The standard InChI is InChI=1S/C21H24N6O3/c1-25(2)21(9-4-10-21)17-12-27(24-23-17)15-6-3-5-13-14(15)11-26(20(13)30)16-7-8-18(28)22-19(16)29/h3,5-6,12,16H,4,7-11H2,1-2H3,(H,22,28,29). The van der Waals surface area contributed by atoms with E-state index in [1.165, 1.54) is 6.42 Å². The number of piperidine rings is 1. The van der Waals surface area contributed by atoms with Crippen molar-refractivity contribution in [1.29, 1.82) is 0 Å². The fourth-order valence-electron chi connectivity index (χ4n) is 4.82. The van der Waals surface area contributed by atoms with Crippen LogP contribution in [0.5, 0.6) is 0 Å². The Morgan fingerprint density at radius 2 is 2.00 bits per heavy atom. The Labute approximate surface area is 174 Å². The van der Waals surface area contributed by atoms with Crippen molar-refractivity contribution in [1.82, 2.24) is 30.1 Å². The van der Waals surface area contributed by atoms with Gasteiger partial charge in [0.2, 0.25) is 11.8 Å². The normalized spacial score (nSPS) is 22.8. The molecule has 2 fully saturated rings. The molecule has 0 bridgehead atoms. The van der Waals surface area contributed by atoms with Crippen molar-refractivity contribution in [2.45, 2.75) is 50.2 Å². The van der Waals surface area contributed by atoms with E-state index in [1.807, 2.05) is 18.3 Å². The number of benzene rings is 1. The molecule has 3 aliphatic rings. The highest BCUT2D eigenvalue weighted by atomic mass is 16.2. The van der Waals surface area contributed by atoms with Gasteiger partial charge in [0.1, 0.15) is 11.7 Å². The summed E-state index contributed by atoms with van der Waals surface area (Å²) in [4.78, 5) is 40.6. The second kappa shape index (κ2) is 6.73. The molecular weight excluding hydrogens is 384 g/mol. The van der Waals surface area contributed by atoms with Crippen LogP contribution in [0.25, 0.3) is 5.69 Å². The first-order valence-electron chi connectivity index (χ1n) is 10.3. The molecule has 1 unspecified atom stereocenters. The van der Waals surface area contributed by atoms with Crippen molar-refractivity contribution in [2.75, 3.05) is 14.1 Å². The number of hydrogen-bond donors (Lipinski definition) is 1. The third kappa shape index (κ3) is 2.68. The SMILES string of the molecule is CN(C)C1(c2cn(-c3cccc4c3CN(C3CCC(=O)NC3=O)C4=O)nn2)CCC1. The van der Waals surface area contributed by atoms with E-state index in [2.05, 4.69) is 34.6 Å². The van der Waals surface area contributed by atoms with Gasteiger partial charge in [-0.2, -0.15) is 0 Å². The topological polar surface area (TPSA) is 100 Å². The third-order valence-electron chi connectivity index (χ3n) is 6.81. The molecule has 1 N–H and O–H groups in total. The van der Waals surface area contributed by atoms with Crippen LogP contribution in [0.15, 0.2) is 24.4 Å². The lowest BCUT2D eigenvalue weighted by Gasteiger charge is -2.45. The lowest BCUT2D eigenvalue weighted by Crippen LogP contribution is -2.52. The number of rotatable bonds is 4. The predicted molar refractivity (Wildman–Crippen MR) is 107 cm³/mol. The maximum Gasteiger partial charge on any atom is 0.255 e. The molecule has 5 rings (SSSR count). The number of amides is 3. The van der Waals surface area contributed by atoms with Gasteiger partial charge in [-0.1, -0.05) is 11.3 Å². The van der Waals surface area contributed by atoms with Gasteiger partial charge in [0.05, 0.1) is 17.4 Å². The van der Waals surface area contributed by atoms with Crippen LogP contribution in [0.3, 0.4) is 0 Å². The maximum absolute atomic E-state index is 13.0. The summed E-state index contributed by atoms with van der Waals surface area (Å²) in [5.41, 5.74) is 3.05. The average Bonchev–Trinajstić information content (AvgIpc) is 3.26. The van der Waals surface area contributed by atoms with E-state index in [0.717, 1.165) is 29.8 Å². The van der Waals surface area contributed by atoms with Crippen molar-refractivity contribution in [3.8, 4) is 5.69 Å². The van der Waals surface area contributed by atoms with Crippen molar-refractivity contribution >= 4 is 17.7 Å². The van der Waals surface area contributed by atoms with Crippen molar-refractivity contribution in [3.05, 3.63) is 41.2 Å². The van der Waals surface area contributed by atoms with Crippen LogP contribution >= 0.6 is 0 Å². The summed E-state index contributed by atoms with van der Waals surface area (Å²) < 4.78 is 1.74. The van der Waals surface area contributed by atoms with Gasteiger partial charge in [-0.05, 0) is 51.9 Å². The predicted octanol–water partition coefficient (Wildman–Crippen LogP) is 0.969. The molecule has 1 aromatic heterocycles. The van der Waals surface area contributed by atoms with E-state index in [9.17, 15) is 14.4 Å². The van der Waals surface area contributed by atoms with Crippen LogP contribution in [0.4, 0.5) is 0 Å². The van der Waals surface area contributed by atoms with Gasteiger partial charge in [0, 0.05) is 24.1 Å². The number of hydrogen-bond acceptors (Lipinski definition) is 6. The molecule has 156 valence electrons. The molecule has 1 aliphatic carbocycles. The number of nitrogens with one attached hydrogen (secondary N) is 1. The molecular formula is C21H24N6O3. The second-order valence-electron chi connectivity index (χ2n) is 8.53. The number of imide groups is 1. The first-order valence-corrected chi connectivity index (χ1v) is 10.3. The summed E-state index contributed by atoms with van der Waals surface area (Å²) in [5.74, 6) is -0.887. The highest BCUT2D eigenvalue weighted by Crippen LogP contribution is 2.44. The Balaban J connectivity index is 1.47. The zero-order chi connectivity index (χ0) is 21.0. The first kappa shape index (κ1) is 18.9. The molecule has 2 aliphatic heterocycles. The number of nitrogens with zero attached hydrogens (tertiary/aromatic N) is 5. The Morgan fingerprint density at radius 3 is 2.67 bits per heavy atom. The highest BCUT2D eigenvalue weighted by Gasteiger charge is 2.44. The van der Waals surface area contributed by atoms with Gasteiger partial charge >= 0.3 is 0 Å². The minimum Gasteiger partial charge on any atom is -0.322 e.